The number of nitrogens with zero attached hydrogens (tertiary/aromatic N) is 1. The maximum absolute atomic E-state index is 13.4. The summed E-state index contributed by atoms with van der Waals surface area (Å²) in [5, 5.41) is 9.82. The Balaban J connectivity index is 1.85. The van der Waals surface area contributed by atoms with E-state index in [1.165, 1.54) is 13.0 Å². The summed E-state index contributed by atoms with van der Waals surface area (Å²) < 4.78 is 46.0. The van der Waals surface area contributed by atoms with Gasteiger partial charge >= 0.3 is 6.18 Å². The first-order chi connectivity index (χ1) is 12.3. The Morgan fingerprint density at radius 3 is 2.41 bits per heavy atom. The van der Waals surface area contributed by atoms with Gasteiger partial charge in [0.1, 0.15) is 5.60 Å². The van der Waals surface area contributed by atoms with E-state index in [2.05, 4.69) is 0 Å². The molecule has 3 saturated heterocycles. The number of carbonyl (C=O) groups excluding carboxylic acids is 2. The van der Waals surface area contributed by atoms with Crippen molar-refractivity contribution in [3.8, 4) is 0 Å². The second-order valence-corrected chi connectivity index (χ2v) is 8.26. The molecule has 2 amide bonds. The molecular formula is C18H17ClF3NO4. The van der Waals surface area contributed by atoms with E-state index < -0.39 is 57.7 Å². The number of hydrogen-bond donors (Lipinski definition) is 1. The highest BCUT2D eigenvalue weighted by Gasteiger charge is 2.75. The van der Waals surface area contributed by atoms with Gasteiger partial charge in [-0.05, 0) is 38.5 Å². The van der Waals surface area contributed by atoms with Gasteiger partial charge in [0, 0.05) is 6.42 Å². The quantitative estimate of drug-likeness (QED) is 0.732. The van der Waals surface area contributed by atoms with Crippen LogP contribution in [0, 0.1) is 18.8 Å². The third kappa shape index (κ3) is 2.20. The Morgan fingerprint density at radius 1 is 1.22 bits per heavy atom. The molecule has 146 valence electrons. The Bertz CT molecular complexity index is 888. The molecule has 4 rings (SSSR count). The van der Waals surface area contributed by atoms with Gasteiger partial charge in [-0.1, -0.05) is 11.6 Å². The number of amides is 2. The Labute approximate surface area is 158 Å². The molecule has 5 nitrogen and oxygen atoms in total. The van der Waals surface area contributed by atoms with Crippen LogP contribution in [0.5, 0.6) is 0 Å². The van der Waals surface area contributed by atoms with E-state index >= 15 is 0 Å². The molecule has 1 aromatic carbocycles. The maximum atomic E-state index is 13.4. The van der Waals surface area contributed by atoms with Crippen LogP contribution in [0.15, 0.2) is 12.1 Å². The number of ether oxygens (including phenoxy) is 1. The van der Waals surface area contributed by atoms with Gasteiger partial charge < -0.3 is 9.84 Å². The number of aliphatic hydroxyl groups excluding tert-OH is 1. The molecule has 4 unspecified atom stereocenters. The van der Waals surface area contributed by atoms with Gasteiger partial charge in [0.25, 0.3) is 0 Å². The van der Waals surface area contributed by atoms with Gasteiger partial charge in [-0.25, -0.2) is 4.90 Å². The van der Waals surface area contributed by atoms with Gasteiger partial charge in [-0.3, -0.25) is 9.59 Å². The Hall–Kier alpha value is -1.64. The van der Waals surface area contributed by atoms with Crippen LogP contribution in [0.25, 0.3) is 0 Å². The summed E-state index contributed by atoms with van der Waals surface area (Å²) in [6.45, 7) is 4.40. The van der Waals surface area contributed by atoms with Crippen LogP contribution in [0.3, 0.4) is 0 Å². The van der Waals surface area contributed by atoms with Crippen molar-refractivity contribution in [3.63, 3.8) is 0 Å². The smallest absolute Gasteiger partial charge is 0.390 e. The summed E-state index contributed by atoms with van der Waals surface area (Å²) in [5.41, 5.74) is -3.78. The molecule has 9 heteroatoms. The highest BCUT2D eigenvalue weighted by molar-refractivity contribution is 6.32. The molecule has 0 saturated carbocycles. The van der Waals surface area contributed by atoms with Crippen LogP contribution in [0.1, 0.15) is 31.4 Å². The average Bonchev–Trinajstić information content (AvgIpc) is 3.01. The first-order valence-corrected chi connectivity index (χ1v) is 8.83. The minimum absolute atomic E-state index is 0.141. The standard InChI is InChI=1S/C18H17ClF3NO4/c1-7-9(5-4-8(19)11(7)18(20,21)22)23-14(25)12-13(15(23)26)17(3)10(24)6-16(12,2)27-17/h4-5,10,12-13,24H,6H2,1-3H3/t10?,12?,13-,16?,17?/m0/s1. The molecule has 1 aromatic rings. The number of rotatable bonds is 1. The van der Waals surface area contributed by atoms with Gasteiger partial charge in [-0.15, -0.1) is 0 Å². The molecule has 3 aliphatic rings. The van der Waals surface area contributed by atoms with Gasteiger partial charge in [-0.2, -0.15) is 13.2 Å². The van der Waals surface area contributed by atoms with E-state index in [0.29, 0.717) is 0 Å². The average molecular weight is 404 g/mol. The zero-order valence-electron chi connectivity index (χ0n) is 14.7. The number of aliphatic hydroxyl groups is 1. The van der Waals surface area contributed by atoms with Crippen molar-refractivity contribution in [1.82, 2.24) is 0 Å². The number of benzene rings is 1. The molecule has 5 atom stereocenters. The largest absolute Gasteiger partial charge is 0.418 e. The minimum atomic E-state index is -4.73. The molecule has 0 aliphatic carbocycles. The summed E-state index contributed by atoms with van der Waals surface area (Å²) in [4.78, 5) is 26.9. The second-order valence-electron chi connectivity index (χ2n) is 7.85. The van der Waals surface area contributed by atoms with E-state index in [1.807, 2.05) is 0 Å². The topological polar surface area (TPSA) is 66.8 Å². The molecule has 2 bridgehead atoms. The number of anilines is 1. The lowest BCUT2D eigenvalue weighted by Gasteiger charge is -2.31. The summed E-state index contributed by atoms with van der Waals surface area (Å²) >= 11 is 5.72. The van der Waals surface area contributed by atoms with Crippen LogP contribution in [-0.2, 0) is 20.5 Å². The van der Waals surface area contributed by atoms with Crippen molar-refractivity contribution in [2.45, 2.75) is 50.7 Å². The number of halogens is 4. The molecular weight excluding hydrogens is 387 g/mol. The fraction of sp³-hybridized carbons (Fsp3) is 0.556. The van der Waals surface area contributed by atoms with Crippen molar-refractivity contribution >= 4 is 29.1 Å². The zero-order valence-corrected chi connectivity index (χ0v) is 15.5. The molecule has 1 N–H and O–H groups in total. The molecule has 0 spiro atoms. The Morgan fingerprint density at radius 2 is 1.81 bits per heavy atom. The third-order valence-corrected chi connectivity index (χ3v) is 6.52. The minimum Gasteiger partial charge on any atom is -0.390 e. The van der Waals surface area contributed by atoms with Crippen molar-refractivity contribution in [2.24, 2.45) is 11.8 Å². The molecule has 3 fully saturated rings. The second kappa shape index (κ2) is 5.24. The molecule has 0 aromatic heterocycles. The lowest BCUT2D eigenvalue weighted by molar-refractivity contribution is -0.138. The van der Waals surface area contributed by atoms with Crippen molar-refractivity contribution in [3.05, 3.63) is 28.3 Å². The molecule has 3 heterocycles. The van der Waals surface area contributed by atoms with Gasteiger partial charge in [0.05, 0.1) is 39.8 Å². The zero-order chi connectivity index (χ0) is 20.1. The fourth-order valence-electron chi connectivity index (χ4n) is 5.02. The molecule has 0 radical (unpaired) electrons. The lowest BCUT2D eigenvalue weighted by atomic mass is 9.67. The van der Waals surface area contributed by atoms with Crippen molar-refractivity contribution < 1.29 is 32.6 Å². The Kier molecular flexibility index (Phi) is 3.63. The highest BCUT2D eigenvalue weighted by atomic mass is 35.5. The van der Waals surface area contributed by atoms with E-state index in [1.54, 1.807) is 13.8 Å². The van der Waals surface area contributed by atoms with E-state index in [4.69, 9.17) is 16.3 Å². The monoisotopic (exact) mass is 403 g/mol. The van der Waals surface area contributed by atoms with E-state index in [9.17, 15) is 27.9 Å². The SMILES string of the molecule is Cc1c(N2C(=O)C3[C@@H](C2=O)C2(C)OC3(C)CC2O)ccc(Cl)c1C(F)(F)F. The summed E-state index contributed by atoms with van der Waals surface area (Å²) in [5.74, 6) is -3.05. The number of imide groups is 1. The van der Waals surface area contributed by atoms with Crippen LogP contribution in [0.4, 0.5) is 18.9 Å². The molecule has 3 aliphatic heterocycles. The summed E-state index contributed by atoms with van der Waals surface area (Å²) in [7, 11) is 0. The van der Waals surface area contributed by atoms with E-state index in [-0.39, 0.29) is 17.7 Å². The first-order valence-electron chi connectivity index (χ1n) is 8.45. The van der Waals surface area contributed by atoms with Gasteiger partial charge in [0.15, 0.2) is 0 Å². The van der Waals surface area contributed by atoms with Crippen LogP contribution in [-0.4, -0.2) is 34.2 Å². The maximum Gasteiger partial charge on any atom is 0.418 e. The summed E-state index contributed by atoms with van der Waals surface area (Å²) in [6.07, 6.45) is -5.47. The number of fused-ring (bicyclic) bond motifs is 5. The normalized spacial score (nSPS) is 38.1. The summed E-state index contributed by atoms with van der Waals surface area (Å²) in [6, 6.07) is 2.28. The molecule has 27 heavy (non-hydrogen) atoms. The number of alkyl halides is 3. The first kappa shape index (κ1) is 18.7. The highest BCUT2D eigenvalue weighted by Crippen LogP contribution is 2.61. The lowest BCUT2D eigenvalue weighted by Crippen LogP contribution is -2.49. The predicted molar refractivity (Wildman–Crippen MR) is 89.2 cm³/mol. The third-order valence-electron chi connectivity index (χ3n) is 6.20. The fourth-order valence-corrected chi connectivity index (χ4v) is 5.33. The van der Waals surface area contributed by atoms with Gasteiger partial charge in [0.2, 0.25) is 11.8 Å². The van der Waals surface area contributed by atoms with E-state index in [0.717, 1.165) is 11.0 Å². The number of hydrogen-bond acceptors (Lipinski definition) is 4. The van der Waals surface area contributed by atoms with Crippen molar-refractivity contribution in [1.29, 1.82) is 0 Å². The van der Waals surface area contributed by atoms with Crippen molar-refractivity contribution in [2.75, 3.05) is 4.90 Å². The predicted octanol–water partition coefficient (Wildman–Crippen LogP) is 3.09. The number of carbonyl (C=O) groups is 2. The van der Waals surface area contributed by atoms with Crippen LogP contribution >= 0.6 is 11.6 Å². The van der Waals surface area contributed by atoms with Crippen LogP contribution in [0.2, 0.25) is 5.02 Å². The van der Waals surface area contributed by atoms with Crippen LogP contribution < -0.4 is 4.90 Å².